The zero-order valence-corrected chi connectivity index (χ0v) is 18.2. The van der Waals surface area contributed by atoms with Gasteiger partial charge in [-0.15, -0.1) is 0 Å². The fraction of sp³-hybridized carbons (Fsp3) is 0.316. The van der Waals surface area contributed by atoms with Crippen molar-refractivity contribution in [2.75, 3.05) is 33.3 Å². The van der Waals surface area contributed by atoms with Crippen molar-refractivity contribution in [1.29, 1.82) is 0 Å². The highest BCUT2D eigenvalue weighted by Gasteiger charge is 2.33. The van der Waals surface area contributed by atoms with Crippen LogP contribution in [-0.2, 0) is 10.0 Å². The van der Waals surface area contributed by atoms with Gasteiger partial charge in [-0.3, -0.25) is 14.9 Å². The monoisotopic (exact) mass is 460 g/mol. The van der Waals surface area contributed by atoms with E-state index in [2.05, 4.69) is 10.1 Å². The Labute approximate surface area is 183 Å². The van der Waals surface area contributed by atoms with E-state index in [4.69, 9.17) is 4.74 Å². The Kier molecular flexibility index (Phi) is 5.52. The number of fused-ring (bicyclic) bond motifs is 1. The fourth-order valence-electron chi connectivity index (χ4n) is 3.66. The predicted molar refractivity (Wildman–Crippen MR) is 112 cm³/mol. The molecule has 0 saturated carbocycles. The fourth-order valence-corrected chi connectivity index (χ4v) is 5.10. The smallest absolute Gasteiger partial charge is 0.312 e. The summed E-state index contributed by atoms with van der Waals surface area (Å²) in [6.45, 7) is 2.16. The molecule has 0 bridgehead atoms. The van der Waals surface area contributed by atoms with Crippen molar-refractivity contribution in [2.24, 2.45) is 0 Å². The number of hydrogen-bond acceptors (Lipinski definition) is 8. The highest BCUT2D eigenvalue weighted by atomic mass is 32.2. The molecule has 4 rings (SSSR count). The highest BCUT2D eigenvalue weighted by molar-refractivity contribution is 7.89. The Morgan fingerprint density at radius 1 is 1.22 bits per heavy atom. The van der Waals surface area contributed by atoms with Crippen molar-refractivity contribution >= 4 is 27.3 Å². The number of aryl methyl sites for hydroxylation is 1. The molecule has 1 aliphatic heterocycles. The molecule has 1 aromatic carbocycles. The van der Waals surface area contributed by atoms with Crippen LogP contribution in [0.2, 0.25) is 0 Å². The zero-order chi connectivity index (χ0) is 23.0. The van der Waals surface area contributed by atoms with Gasteiger partial charge in [0, 0.05) is 44.6 Å². The summed E-state index contributed by atoms with van der Waals surface area (Å²) in [5.74, 6) is -0.296. The van der Waals surface area contributed by atoms with E-state index in [1.54, 1.807) is 30.3 Å². The molecule has 3 aromatic rings. The average molecular weight is 460 g/mol. The van der Waals surface area contributed by atoms with E-state index in [1.807, 2.05) is 0 Å². The Hall–Kier alpha value is -3.58. The standard InChI is InChI=1S/C19H20N6O6S/c1-13-17(18-20-6-3-7-24(18)21-13)19(26)22-8-10-23(11-9-22)32(29,30)14-4-5-16(31-2)15(12-14)25(27)28/h3-7,12H,8-11H2,1-2H3. The molecular weight excluding hydrogens is 440 g/mol. The first-order chi connectivity index (χ1) is 15.2. The normalized spacial score (nSPS) is 15.1. The van der Waals surface area contributed by atoms with Crippen LogP contribution >= 0.6 is 0 Å². The lowest BCUT2D eigenvalue weighted by molar-refractivity contribution is -0.386. The number of carbonyl (C=O) groups is 1. The van der Waals surface area contributed by atoms with E-state index in [0.717, 1.165) is 6.07 Å². The number of nitro groups is 1. The number of aromatic nitrogens is 3. The summed E-state index contributed by atoms with van der Waals surface area (Å²) in [5.41, 5.74) is 0.927. The van der Waals surface area contributed by atoms with Crippen LogP contribution in [-0.4, -0.2) is 76.3 Å². The molecule has 0 unspecified atom stereocenters. The first kappa shape index (κ1) is 21.6. The average Bonchev–Trinajstić information content (AvgIpc) is 3.13. The summed E-state index contributed by atoms with van der Waals surface area (Å²) < 4.78 is 33.7. The van der Waals surface area contributed by atoms with Gasteiger partial charge in [-0.2, -0.15) is 9.40 Å². The van der Waals surface area contributed by atoms with Gasteiger partial charge in [-0.1, -0.05) is 0 Å². The van der Waals surface area contributed by atoms with E-state index in [0.29, 0.717) is 16.9 Å². The number of methoxy groups -OCH3 is 1. The highest BCUT2D eigenvalue weighted by Crippen LogP contribution is 2.31. The molecule has 0 atom stereocenters. The molecule has 0 N–H and O–H groups in total. The Morgan fingerprint density at radius 2 is 1.94 bits per heavy atom. The summed E-state index contributed by atoms with van der Waals surface area (Å²) in [7, 11) is -2.71. The molecule has 0 radical (unpaired) electrons. The van der Waals surface area contributed by atoms with Gasteiger partial charge >= 0.3 is 5.69 Å². The molecule has 3 heterocycles. The van der Waals surface area contributed by atoms with Crippen LogP contribution in [0.25, 0.3) is 5.65 Å². The van der Waals surface area contributed by atoms with Crippen LogP contribution in [0.4, 0.5) is 5.69 Å². The number of nitrogens with zero attached hydrogens (tertiary/aromatic N) is 6. The Bertz CT molecular complexity index is 1310. The number of hydrogen-bond donors (Lipinski definition) is 0. The largest absolute Gasteiger partial charge is 0.490 e. The Morgan fingerprint density at radius 3 is 2.59 bits per heavy atom. The number of nitro benzene ring substituents is 1. The van der Waals surface area contributed by atoms with E-state index >= 15 is 0 Å². The van der Waals surface area contributed by atoms with Crippen LogP contribution < -0.4 is 4.74 Å². The number of amides is 1. The number of sulfonamides is 1. The van der Waals surface area contributed by atoms with Gasteiger partial charge in [0.2, 0.25) is 10.0 Å². The molecule has 2 aromatic heterocycles. The lowest BCUT2D eigenvalue weighted by Crippen LogP contribution is -2.50. The number of carbonyl (C=O) groups excluding carboxylic acids is 1. The molecule has 32 heavy (non-hydrogen) atoms. The number of benzene rings is 1. The first-order valence-electron chi connectivity index (χ1n) is 9.66. The molecule has 1 fully saturated rings. The molecule has 168 valence electrons. The number of piperazine rings is 1. The second kappa shape index (κ2) is 8.16. The van der Waals surface area contributed by atoms with Crippen molar-refractivity contribution in [3.63, 3.8) is 0 Å². The maximum absolute atomic E-state index is 13.1. The van der Waals surface area contributed by atoms with Crippen LogP contribution in [0.1, 0.15) is 16.1 Å². The number of rotatable bonds is 5. The summed E-state index contributed by atoms with van der Waals surface area (Å²) in [4.78, 5) is 29.2. The molecule has 0 spiro atoms. The van der Waals surface area contributed by atoms with Crippen LogP contribution in [0, 0.1) is 17.0 Å². The second-order valence-corrected chi connectivity index (χ2v) is 9.07. The van der Waals surface area contributed by atoms with E-state index in [9.17, 15) is 23.3 Å². The van der Waals surface area contributed by atoms with Crippen molar-refractivity contribution in [2.45, 2.75) is 11.8 Å². The predicted octanol–water partition coefficient (Wildman–Crippen LogP) is 1.10. The molecule has 1 saturated heterocycles. The molecule has 1 aliphatic rings. The number of ether oxygens (including phenoxy) is 1. The molecule has 1 amide bonds. The molecule has 0 aliphatic carbocycles. The minimum absolute atomic E-state index is 0.0262. The maximum atomic E-state index is 13.1. The lowest BCUT2D eigenvalue weighted by Gasteiger charge is -2.34. The van der Waals surface area contributed by atoms with Gasteiger partial charge < -0.3 is 9.64 Å². The van der Waals surface area contributed by atoms with Gasteiger partial charge in [0.1, 0.15) is 5.56 Å². The molecular formula is C19H20N6O6S. The lowest BCUT2D eigenvalue weighted by atomic mass is 10.2. The van der Waals surface area contributed by atoms with Gasteiger partial charge in [0.25, 0.3) is 5.91 Å². The van der Waals surface area contributed by atoms with Crippen LogP contribution in [0.15, 0.2) is 41.6 Å². The quantitative estimate of drug-likeness (QED) is 0.407. The van der Waals surface area contributed by atoms with Crippen molar-refractivity contribution in [3.05, 3.63) is 58.0 Å². The second-order valence-electron chi connectivity index (χ2n) is 7.14. The van der Waals surface area contributed by atoms with Gasteiger partial charge in [0.05, 0.1) is 22.6 Å². The summed E-state index contributed by atoms with van der Waals surface area (Å²) >= 11 is 0. The molecule has 12 nitrogen and oxygen atoms in total. The van der Waals surface area contributed by atoms with E-state index in [-0.39, 0.29) is 42.7 Å². The van der Waals surface area contributed by atoms with Crippen LogP contribution in [0.3, 0.4) is 0 Å². The van der Waals surface area contributed by atoms with Crippen molar-refractivity contribution in [3.8, 4) is 5.75 Å². The van der Waals surface area contributed by atoms with Gasteiger partial charge in [-0.25, -0.2) is 17.9 Å². The summed E-state index contributed by atoms with van der Waals surface area (Å²) in [6.07, 6.45) is 3.27. The molecule has 13 heteroatoms. The van der Waals surface area contributed by atoms with Gasteiger partial charge in [-0.05, 0) is 25.1 Å². The minimum Gasteiger partial charge on any atom is -0.490 e. The third-order valence-electron chi connectivity index (χ3n) is 5.29. The van der Waals surface area contributed by atoms with Crippen molar-refractivity contribution in [1.82, 2.24) is 23.8 Å². The topological polar surface area (TPSA) is 140 Å². The Balaban J connectivity index is 1.53. The SMILES string of the molecule is COc1ccc(S(=O)(=O)N2CCN(C(=O)c3c(C)nn4cccnc34)CC2)cc1[N+](=O)[O-]. The van der Waals surface area contributed by atoms with Crippen molar-refractivity contribution < 1.29 is 22.9 Å². The summed E-state index contributed by atoms with van der Waals surface area (Å²) in [5, 5.41) is 15.5. The summed E-state index contributed by atoms with van der Waals surface area (Å²) in [6, 6.07) is 5.22. The van der Waals surface area contributed by atoms with Crippen LogP contribution in [0.5, 0.6) is 5.75 Å². The van der Waals surface area contributed by atoms with Gasteiger partial charge in [0.15, 0.2) is 11.4 Å². The third kappa shape index (κ3) is 3.65. The minimum atomic E-state index is -3.98. The zero-order valence-electron chi connectivity index (χ0n) is 17.3. The van der Waals surface area contributed by atoms with E-state index in [1.165, 1.54) is 28.1 Å². The third-order valence-corrected chi connectivity index (χ3v) is 7.19. The maximum Gasteiger partial charge on any atom is 0.312 e. The van der Waals surface area contributed by atoms with E-state index < -0.39 is 20.6 Å². The first-order valence-corrected chi connectivity index (χ1v) is 11.1.